The van der Waals surface area contributed by atoms with Crippen LogP contribution in [0.25, 0.3) is 0 Å². The highest BCUT2D eigenvalue weighted by Crippen LogP contribution is 2.17. The molecule has 0 atom stereocenters. The first-order valence-corrected chi connectivity index (χ1v) is 10.7. The molecule has 150 valence electrons. The molecule has 2 aromatic rings. The fourth-order valence-corrected chi connectivity index (χ4v) is 4.43. The molecule has 1 fully saturated rings. The molecule has 1 saturated heterocycles. The van der Waals surface area contributed by atoms with Crippen molar-refractivity contribution in [3.05, 3.63) is 60.4 Å². The number of hydrogen-bond donors (Lipinski definition) is 1. The van der Waals surface area contributed by atoms with Crippen LogP contribution in [-0.2, 0) is 14.8 Å². The van der Waals surface area contributed by atoms with Crippen LogP contribution in [0.1, 0.15) is 19.3 Å². The van der Waals surface area contributed by atoms with Gasteiger partial charge in [0, 0.05) is 19.1 Å². The number of carbonyl (C=O) groups is 1. The molecule has 0 spiro atoms. The Morgan fingerprint density at radius 2 is 1.71 bits per heavy atom. The van der Waals surface area contributed by atoms with Gasteiger partial charge in [0.1, 0.15) is 0 Å². The second-order valence-corrected chi connectivity index (χ2v) is 8.33. The predicted molar refractivity (Wildman–Crippen MR) is 103 cm³/mol. The number of carbonyl (C=O) groups excluding carboxylic acids is 1. The van der Waals surface area contributed by atoms with Crippen LogP contribution in [0.5, 0.6) is 5.75 Å². The Labute approximate surface area is 164 Å². The third kappa shape index (κ3) is 5.30. The Hall–Kier alpha value is -2.45. The molecule has 1 aliphatic heterocycles. The Kier molecular flexibility index (Phi) is 6.64. The molecule has 0 bridgehead atoms. The van der Waals surface area contributed by atoms with E-state index >= 15 is 0 Å². The maximum atomic E-state index is 13.5. The number of rotatable bonds is 7. The van der Waals surface area contributed by atoms with Crippen molar-refractivity contribution >= 4 is 15.9 Å². The minimum atomic E-state index is -3.56. The number of amides is 1. The maximum absolute atomic E-state index is 13.5. The summed E-state index contributed by atoms with van der Waals surface area (Å²) in [5, 5.41) is 0. The monoisotopic (exact) mass is 406 g/mol. The molecule has 1 heterocycles. The lowest BCUT2D eigenvalue weighted by Gasteiger charge is -2.32. The summed E-state index contributed by atoms with van der Waals surface area (Å²) in [5.41, 5.74) is 0. The van der Waals surface area contributed by atoms with Crippen molar-refractivity contribution in [3.8, 4) is 5.75 Å². The van der Waals surface area contributed by atoms with Gasteiger partial charge in [-0.3, -0.25) is 4.79 Å². The summed E-state index contributed by atoms with van der Waals surface area (Å²) in [6, 6.07) is 14.1. The molecule has 1 N–H and O–H groups in total. The lowest BCUT2D eigenvalue weighted by Crippen LogP contribution is -2.46. The predicted octanol–water partition coefficient (Wildman–Crippen LogP) is 2.56. The van der Waals surface area contributed by atoms with Gasteiger partial charge in [-0.25, -0.2) is 17.5 Å². The van der Waals surface area contributed by atoms with Crippen molar-refractivity contribution in [3.63, 3.8) is 0 Å². The van der Waals surface area contributed by atoms with Crippen LogP contribution in [-0.4, -0.2) is 45.0 Å². The second-order valence-electron chi connectivity index (χ2n) is 6.62. The highest BCUT2D eigenvalue weighted by Gasteiger charge is 2.26. The molecule has 1 aliphatic rings. The Balaban J connectivity index is 1.43. The van der Waals surface area contributed by atoms with Crippen LogP contribution < -0.4 is 9.46 Å². The molecular weight excluding hydrogens is 383 g/mol. The van der Waals surface area contributed by atoms with Gasteiger partial charge in [0.25, 0.3) is 0 Å². The van der Waals surface area contributed by atoms with Crippen LogP contribution in [0.3, 0.4) is 0 Å². The average molecular weight is 406 g/mol. The summed E-state index contributed by atoms with van der Waals surface area (Å²) in [5.74, 6) is -0.411. The van der Waals surface area contributed by atoms with Gasteiger partial charge in [-0.2, -0.15) is 0 Å². The van der Waals surface area contributed by atoms with E-state index in [4.69, 9.17) is 4.74 Å². The fourth-order valence-electron chi connectivity index (χ4n) is 3.10. The molecule has 8 heteroatoms. The normalized spacial score (nSPS) is 15.4. The standard InChI is InChI=1S/C20H23FN2O4S/c21-18-8-4-5-9-19(18)27-15-12-20(24)23-13-10-16(11-14-23)22-28(25,26)17-6-2-1-3-7-17/h1-9,16,22H,10-15H2. The van der Waals surface area contributed by atoms with Crippen LogP contribution in [0.15, 0.2) is 59.5 Å². The first-order chi connectivity index (χ1) is 13.5. The van der Waals surface area contributed by atoms with Crippen molar-refractivity contribution in [2.75, 3.05) is 19.7 Å². The van der Waals surface area contributed by atoms with E-state index < -0.39 is 15.8 Å². The number of piperidine rings is 1. The van der Waals surface area contributed by atoms with Crippen molar-refractivity contribution in [2.24, 2.45) is 0 Å². The molecule has 1 amide bonds. The fraction of sp³-hybridized carbons (Fsp3) is 0.350. The van der Waals surface area contributed by atoms with Gasteiger partial charge in [-0.1, -0.05) is 30.3 Å². The van der Waals surface area contributed by atoms with E-state index in [0.29, 0.717) is 25.9 Å². The highest BCUT2D eigenvalue weighted by atomic mass is 32.2. The first kappa shape index (κ1) is 20.3. The minimum absolute atomic E-state index is 0.0827. The smallest absolute Gasteiger partial charge is 0.240 e. The van der Waals surface area contributed by atoms with E-state index in [1.54, 1.807) is 47.4 Å². The topological polar surface area (TPSA) is 75.7 Å². The van der Waals surface area contributed by atoms with Crippen LogP contribution in [0.4, 0.5) is 4.39 Å². The summed E-state index contributed by atoms with van der Waals surface area (Å²) in [6.07, 6.45) is 1.24. The number of benzene rings is 2. The Morgan fingerprint density at radius 3 is 2.39 bits per heavy atom. The lowest BCUT2D eigenvalue weighted by molar-refractivity contribution is -0.132. The summed E-state index contributed by atoms with van der Waals surface area (Å²) in [6.45, 7) is 1.04. The van der Waals surface area contributed by atoms with Crippen LogP contribution in [0.2, 0.25) is 0 Å². The Morgan fingerprint density at radius 1 is 1.07 bits per heavy atom. The van der Waals surface area contributed by atoms with E-state index in [0.717, 1.165) is 0 Å². The van der Waals surface area contributed by atoms with Gasteiger partial charge in [0.05, 0.1) is 17.9 Å². The van der Waals surface area contributed by atoms with Crippen LogP contribution >= 0.6 is 0 Å². The lowest BCUT2D eigenvalue weighted by atomic mass is 10.1. The van der Waals surface area contributed by atoms with Gasteiger partial charge >= 0.3 is 0 Å². The SMILES string of the molecule is O=C(CCOc1ccccc1F)N1CCC(NS(=O)(=O)c2ccccc2)CC1. The third-order valence-electron chi connectivity index (χ3n) is 4.63. The number of halogens is 1. The number of para-hydroxylation sites is 1. The van der Waals surface area contributed by atoms with Gasteiger partial charge in [0.2, 0.25) is 15.9 Å². The quantitative estimate of drug-likeness (QED) is 0.767. The molecule has 0 radical (unpaired) electrons. The number of nitrogens with zero attached hydrogens (tertiary/aromatic N) is 1. The third-order valence-corrected chi connectivity index (χ3v) is 6.17. The number of sulfonamides is 1. The number of ether oxygens (including phenoxy) is 1. The van der Waals surface area contributed by atoms with E-state index in [1.807, 2.05) is 0 Å². The summed E-state index contributed by atoms with van der Waals surface area (Å²) >= 11 is 0. The molecule has 6 nitrogen and oxygen atoms in total. The van der Waals surface area contributed by atoms with Gasteiger partial charge in [0.15, 0.2) is 11.6 Å². The zero-order valence-corrected chi connectivity index (χ0v) is 16.2. The van der Waals surface area contributed by atoms with Gasteiger partial charge in [-0.05, 0) is 37.1 Å². The summed E-state index contributed by atoms with van der Waals surface area (Å²) in [7, 11) is -3.56. The minimum Gasteiger partial charge on any atom is -0.490 e. The number of hydrogen-bond acceptors (Lipinski definition) is 4. The number of likely N-dealkylation sites (tertiary alicyclic amines) is 1. The number of nitrogens with one attached hydrogen (secondary N) is 1. The molecule has 0 saturated carbocycles. The van der Waals surface area contributed by atoms with Crippen molar-refractivity contribution in [2.45, 2.75) is 30.2 Å². The molecule has 3 rings (SSSR count). The summed E-state index contributed by atoms with van der Waals surface area (Å²) < 4.78 is 46.3. The summed E-state index contributed by atoms with van der Waals surface area (Å²) in [4.78, 5) is 14.2. The molecule has 0 aromatic heterocycles. The van der Waals surface area contributed by atoms with Crippen LogP contribution in [0, 0.1) is 5.82 Å². The molecule has 2 aromatic carbocycles. The second kappa shape index (κ2) is 9.16. The van der Waals surface area contributed by atoms with Crippen molar-refractivity contribution in [1.82, 2.24) is 9.62 Å². The maximum Gasteiger partial charge on any atom is 0.240 e. The van der Waals surface area contributed by atoms with Crippen molar-refractivity contribution < 1.29 is 22.3 Å². The first-order valence-electron chi connectivity index (χ1n) is 9.18. The zero-order valence-electron chi connectivity index (χ0n) is 15.4. The molecular formula is C20H23FN2O4S. The van der Waals surface area contributed by atoms with Crippen molar-refractivity contribution in [1.29, 1.82) is 0 Å². The highest BCUT2D eigenvalue weighted by molar-refractivity contribution is 7.89. The Bertz CT molecular complexity index is 897. The van der Waals surface area contributed by atoms with E-state index in [2.05, 4.69) is 4.72 Å². The van der Waals surface area contributed by atoms with E-state index in [-0.39, 0.29) is 35.6 Å². The largest absolute Gasteiger partial charge is 0.490 e. The molecule has 0 aliphatic carbocycles. The van der Waals surface area contributed by atoms with Gasteiger partial charge < -0.3 is 9.64 Å². The zero-order chi connectivity index (χ0) is 20.0. The van der Waals surface area contributed by atoms with E-state index in [9.17, 15) is 17.6 Å². The average Bonchev–Trinajstić information content (AvgIpc) is 2.70. The van der Waals surface area contributed by atoms with E-state index in [1.165, 1.54) is 12.1 Å². The molecule has 0 unspecified atom stereocenters. The van der Waals surface area contributed by atoms with Gasteiger partial charge in [-0.15, -0.1) is 0 Å². The molecule has 28 heavy (non-hydrogen) atoms.